The molecule has 1 aromatic rings. The molecule has 0 bridgehead atoms. The highest BCUT2D eigenvalue weighted by molar-refractivity contribution is 9.11. The number of nitrogens with zero attached hydrogens (tertiary/aromatic N) is 2. The van der Waals surface area contributed by atoms with Crippen molar-refractivity contribution < 1.29 is 0 Å². The van der Waals surface area contributed by atoms with Crippen LogP contribution in [-0.4, -0.2) is 18.1 Å². The van der Waals surface area contributed by atoms with Crippen LogP contribution in [0.3, 0.4) is 0 Å². The van der Waals surface area contributed by atoms with Crippen LogP contribution in [0, 0.1) is 5.41 Å². The van der Waals surface area contributed by atoms with Gasteiger partial charge in [-0.1, -0.05) is 13.8 Å². The molecular formula is C11H14Br2N2. The van der Waals surface area contributed by atoms with E-state index in [2.05, 4.69) is 55.6 Å². The SMILES string of the molecule is CC1(C)CCN(c2ncc(Br)cc2Br)C1. The minimum absolute atomic E-state index is 0.411. The maximum absolute atomic E-state index is 4.46. The van der Waals surface area contributed by atoms with Crippen LogP contribution in [0.15, 0.2) is 21.2 Å². The molecule has 15 heavy (non-hydrogen) atoms. The largest absolute Gasteiger partial charge is 0.355 e. The Labute approximate surface area is 107 Å². The molecular weight excluding hydrogens is 320 g/mol. The number of hydrogen-bond donors (Lipinski definition) is 0. The predicted molar refractivity (Wildman–Crippen MR) is 70.2 cm³/mol. The summed E-state index contributed by atoms with van der Waals surface area (Å²) in [6, 6.07) is 2.05. The first-order valence-corrected chi connectivity index (χ1v) is 6.62. The van der Waals surface area contributed by atoms with Crippen LogP contribution in [0.5, 0.6) is 0 Å². The zero-order valence-electron chi connectivity index (χ0n) is 8.93. The van der Waals surface area contributed by atoms with E-state index in [1.165, 1.54) is 6.42 Å². The van der Waals surface area contributed by atoms with Crippen molar-refractivity contribution in [3.63, 3.8) is 0 Å². The molecule has 82 valence electrons. The van der Waals surface area contributed by atoms with Crippen molar-refractivity contribution in [2.24, 2.45) is 5.41 Å². The summed E-state index contributed by atoms with van der Waals surface area (Å²) in [6.45, 7) is 6.79. The molecule has 0 aliphatic carbocycles. The summed E-state index contributed by atoms with van der Waals surface area (Å²) in [5, 5.41) is 0. The lowest BCUT2D eigenvalue weighted by Gasteiger charge is -2.21. The van der Waals surface area contributed by atoms with Gasteiger partial charge in [-0.15, -0.1) is 0 Å². The lowest BCUT2D eigenvalue weighted by Crippen LogP contribution is -2.23. The Morgan fingerprint density at radius 1 is 1.40 bits per heavy atom. The fourth-order valence-electron chi connectivity index (χ4n) is 1.93. The molecule has 1 aliphatic rings. The van der Waals surface area contributed by atoms with E-state index in [0.717, 1.165) is 27.9 Å². The molecule has 1 aliphatic heterocycles. The van der Waals surface area contributed by atoms with Crippen LogP contribution in [0.2, 0.25) is 0 Å². The van der Waals surface area contributed by atoms with E-state index < -0.39 is 0 Å². The van der Waals surface area contributed by atoms with E-state index in [-0.39, 0.29) is 0 Å². The standard InChI is InChI=1S/C11H14Br2N2/c1-11(2)3-4-15(7-11)10-9(13)5-8(12)6-14-10/h5-6H,3-4,7H2,1-2H3. The average molecular weight is 334 g/mol. The number of rotatable bonds is 1. The van der Waals surface area contributed by atoms with Crippen LogP contribution < -0.4 is 4.90 Å². The molecule has 1 fully saturated rings. The second kappa shape index (κ2) is 4.06. The van der Waals surface area contributed by atoms with Gasteiger partial charge in [0.2, 0.25) is 0 Å². The fraction of sp³-hybridized carbons (Fsp3) is 0.545. The van der Waals surface area contributed by atoms with Crippen molar-refractivity contribution in [3.05, 3.63) is 21.2 Å². The lowest BCUT2D eigenvalue weighted by molar-refractivity contribution is 0.418. The molecule has 0 saturated carbocycles. The molecule has 0 aromatic carbocycles. The zero-order valence-corrected chi connectivity index (χ0v) is 12.1. The van der Waals surface area contributed by atoms with Crippen molar-refractivity contribution in [1.29, 1.82) is 0 Å². The van der Waals surface area contributed by atoms with Crippen molar-refractivity contribution in [2.75, 3.05) is 18.0 Å². The summed E-state index contributed by atoms with van der Waals surface area (Å²) in [6.07, 6.45) is 3.09. The van der Waals surface area contributed by atoms with Gasteiger partial charge in [0, 0.05) is 23.8 Å². The van der Waals surface area contributed by atoms with Gasteiger partial charge in [0.1, 0.15) is 5.82 Å². The molecule has 0 spiro atoms. The van der Waals surface area contributed by atoms with Crippen LogP contribution in [0.1, 0.15) is 20.3 Å². The van der Waals surface area contributed by atoms with Crippen molar-refractivity contribution in [1.82, 2.24) is 4.98 Å². The van der Waals surface area contributed by atoms with Gasteiger partial charge < -0.3 is 4.90 Å². The van der Waals surface area contributed by atoms with Gasteiger partial charge in [-0.25, -0.2) is 4.98 Å². The molecule has 0 N–H and O–H groups in total. The molecule has 1 saturated heterocycles. The molecule has 0 atom stereocenters. The lowest BCUT2D eigenvalue weighted by atomic mass is 9.93. The van der Waals surface area contributed by atoms with Gasteiger partial charge in [-0.05, 0) is 49.8 Å². The minimum Gasteiger partial charge on any atom is -0.355 e. The zero-order chi connectivity index (χ0) is 11.1. The number of hydrogen-bond acceptors (Lipinski definition) is 2. The van der Waals surface area contributed by atoms with E-state index in [1.54, 1.807) is 0 Å². The van der Waals surface area contributed by atoms with Gasteiger partial charge in [0.05, 0.1) is 4.47 Å². The molecule has 2 rings (SSSR count). The Hall–Kier alpha value is -0.0900. The van der Waals surface area contributed by atoms with Gasteiger partial charge in [0.15, 0.2) is 0 Å². The Bertz CT molecular complexity index is 377. The molecule has 0 amide bonds. The highest BCUT2D eigenvalue weighted by Gasteiger charge is 2.30. The summed E-state index contributed by atoms with van der Waals surface area (Å²) in [5.41, 5.74) is 0.411. The van der Waals surface area contributed by atoms with Crippen LogP contribution in [0.25, 0.3) is 0 Å². The van der Waals surface area contributed by atoms with E-state index in [4.69, 9.17) is 0 Å². The molecule has 0 unspecified atom stereocenters. The first-order valence-electron chi connectivity index (χ1n) is 5.04. The number of aromatic nitrogens is 1. The van der Waals surface area contributed by atoms with Gasteiger partial charge in [-0.2, -0.15) is 0 Å². The predicted octanol–water partition coefficient (Wildman–Crippen LogP) is 3.84. The maximum Gasteiger partial charge on any atom is 0.142 e. The van der Waals surface area contributed by atoms with E-state index >= 15 is 0 Å². The maximum atomic E-state index is 4.46. The first-order chi connectivity index (χ1) is 6.98. The molecule has 0 radical (unpaired) electrons. The number of halogens is 2. The third-order valence-corrected chi connectivity index (χ3v) is 3.78. The monoisotopic (exact) mass is 332 g/mol. The second-order valence-electron chi connectivity index (χ2n) is 4.79. The summed E-state index contributed by atoms with van der Waals surface area (Å²) >= 11 is 6.98. The third kappa shape index (κ3) is 2.53. The quantitative estimate of drug-likeness (QED) is 0.776. The van der Waals surface area contributed by atoms with Gasteiger partial charge in [-0.3, -0.25) is 0 Å². The van der Waals surface area contributed by atoms with Gasteiger partial charge in [0.25, 0.3) is 0 Å². The molecule has 2 nitrogen and oxygen atoms in total. The topological polar surface area (TPSA) is 16.1 Å². The van der Waals surface area contributed by atoms with Crippen molar-refractivity contribution in [3.8, 4) is 0 Å². The highest BCUT2D eigenvalue weighted by atomic mass is 79.9. The Balaban J connectivity index is 2.24. The average Bonchev–Trinajstić information content (AvgIpc) is 2.46. The number of pyridine rings is 1. The smallest absolute Gasteiger partial charge is 0.142 e. The van der Waals surface area contributed by atoms with Crippen LogP contribution in [0.4, 0.5) is 5.82 Å². The Morgan fingerprint density at radius 3 is 2.67 bits per heavy atom. The normalized spacial score (nSPS) is 19.6. The van der Waals surface area contributed by atoms with Gasteiger partial charge >= 0.3 is 0 Å². The molecule has 2 heterocycles. The van der Waals surface area contributed by atoms with Crippen molar-refractivity contribution >= 4 is 37.7 Å². The first kappa shape index (κ1) is 11.4. The summed E-state index contributed by atoms with van der Waals surface area (Å²) in [7, 11) is 0. The Morgan fingerprint density at radius 2 is 2.13 bits per heavy atom. The van der Waals surface area contributed by atoms with E-state index in [9.17, 15) is 0 Å². The van der Waals surface area contributed by atoms with E-state index in [1.807, 2.05) is 12.3 Å². The summed E-state index contributed by atoms with van der Waals surface area (Å²) < 4.78 is 2.08. The third-order valence-electron chi connectivity index (χ3n) is 2.77. The fourth-order valence-corrected chi connectivity index (χ4v) is 3.17. The van der Waals surface area contributed by atoms with Crippen LogP contribution >= 0.6 is 31.9 Å². The molecule has 4 heteroatoms. The van der Waals surface area contributed by atoms with Crippen LogP contribution in [-0.2, 0) is 0 Å². The molecule has 1 aromatic heterocycles. The summed E-state index contributed by atoms with van der Waals surface area (Å²) in [5.74, 6) is 1.06. The van der Waals surface area contributed by atoms with E-state index in [0.29, 0.717) is 5.41 Å². The highest BCUT2D eigenvalue weighted by Crippen LogP contribution is 2.35. The number of anilines is 1. The van der Waals surface area contributed by atoms with Crippen molar-refractivity contribution in [2.45, 2.75) is 20.3 Å². The Kier molecular flexibility index (Phi) is 3.08. The second-order valence-corrected chi connectivity index (χ2v) is 6.56. The minimum atomic E-state index is 0.411. The summed E-state index contributed by atoms with van der Waals surface area (Å²) in [4.78, 5) is 6.80.